The number of unbranched alkanes of at least 4 members (excludes halogenated alkanes) is 2. The molecular weight excluding hydrogens is 588 g/mol. The molecule has 0 amide bonds. The van der Waals surface area contributed by atoms with Gasteiger partial charge in [-0.25, -0.2) is 4.79 Å². The number of ether oxygens (including phenoxy) is 1. The van der Waals surface area contributed by atoms with Gasteiger partial charge in [-0.2, -0.15) is 0 Å². The quantitative estimate of drug-likeness (QED) is 0.116. The van der Waals surface area contributed by atoms with E-state index in [9.17, 15) is 25.2 Å². The first-order chi connectivity index (χ1) is 22.2. The molecule has 0 saturated heterocycles. The predicted octanol–water partition coefficient (Wildman–Crippen LogP) is 10.7. The van der Waals surface area contributed by atoms with Crippen LogP contribution in [0.2, 0.25) is 0 Å². The first-order valence-electron chi connectivity index (χ1n) is 16.9. The summed E-state index contributed by atoms with van der Waals surface area (Å²) in [6.45, 7) is 16.5. The number of benzene rings is 3. The lowest BCUT2D eigenvalue weighted by molar-refractivity contribution is 0.0692. The van der Waals surface area contributed by atoms with Gasteiger partial charge >= 0.3 is 5.97 Å². The summed E-state index contributed by atoms with van der Waals surface area (Å²) in [6.07, 6.45) is 12.0. The number of phenolic OH excluding ortho intramolecular Hbond substituents is 2. The number of carbonyl (C=O) groups is 1. The van der Waals surface area contributed by atoms with Crippen molar-refractivity contribution in [2.45, 2.75) is 119 Å². The number of carboxylic acid groups (broad SMARTS) is 1. The molecule has 47 heavy (non-hydrogen) atoms. The van der Waals surface area contributed by atoms with Gasteiger partial charge in [-0.1, -0.05) is 80.2 Å². The highest BCUT2D eigenvalue weighted by Gasteiger charge is 2.34. The topological polar surface area (TPSA) is 107 Å². The summed E-state index contributed by atoms with van der Waals surface area (Å²) in [7, 11) is 0. The lowest BCUT2D eigenvalue weighted by Crippen LogP contribution is -2.29. The molecule has 1 aliphatic heterocycles. The molecule has 4 N–H and O–H groups in total. The normalized spacial score (nSPS) is 13.1. The van der Waals surface area contributed by atoms with Crippen molar-refractivity contribution in [2.24, 2.45) is 0 Å². The number of fused-ring (bicyclic) bond motifs is 3. The van der Waals surface area contributed by atoms with E-state index in [0.29, 0.717) is 24.2 Å². The number of phenols is 3. The van der Waals surface area contributed by atoms with Crippen LogP contribution < -0.4 is 4.74 Å². The second-order valence-corrected chi connectivity index (χ2v) is 13.5. The van der Waals surface area contributed by atoms with Gasteiger partial charge in [0.1, 0.15) is 34.2 Å². The molecule has 4 rings (SSSR count). The van der Waals surface area contributed by atoms with Crippen LogP contribution in [0.4, 0.5) is 0 Å². The van der Waals surface area contributed by atoms with Crippen LogP contribution in [0, 0.1) is 6.92 Å². The first-order valence-corrected chi connectivity index (χ1v) is 16.9. The van der Waals surface area contributed by atoms with Crippen molar-refractivity contribution in [1.29, 1.82) is 0 Å². The van der Waals surface area contributed by atoms with Crippen LogP contribution in [-0.4, -0.2) is 26.4 Å². The highest BCUT2D eigenvalue weighted by Crippen LogP contribution is 2.49. The fourth-order valence-electron chi connectivity index (χ4n) is 6.07. The minimum Gasteiger partial charge on any atom is -0.508 e. The average molecular weight is 643 g/mol. The van der Waals surface area contributed by atoms with Crippen LogP contribution in [0.1, 0.15) is 125 Å². The Hall–Kier alpha value is -4.19. The number of allylic oxidation sites excluding steroid dienone is 4. The Morgan fingerprint density at radius 1 is 0.894 bits per heavy atom. The molecule has 3 aromatic carbocycles. The lowest BCUT2D eigenvalue weighted by atomic mass is 9.84. The van der Waals surface area contributed by atoms with E-state index >= 15 is 0 Å². The third kappa shape index (κ3) is 9.66. The molecule has 0 aliphatic carbocycles. The summed E-state index contributed by atoms with van der Waals surface area (Å²) in [6, 6.07) is 11.8. The number of hydrogen-bond donors (Lipinski definition) is 4. The maximum Gasteiger partial charge on any atom is 0.339 e. The number of aromatic hydroxyl groups is 3. The fourth-order valence-corrected chi connectivity index (χ4v) is 6.07. The number of rotatable bonds is 12. The van der Waals surface area contributed by atoms with Crippen LogP contribution in [0.3, 0.4) is 0 Å². The summed E-state index contributed by atoms with van der Waals surface area (Å²) in [5.41, 5.74) is 8.07. The largest absolute Gasteiger partial charge is 0.508 e. The molecule has 1 heterocycles. The molecule has 6 nitrogen and oxygen atoms in total. The van der Waals surface area contributed by atoms with Gasteiger partial charge in [0.05, 0.1) is 5.56 Å². The van der Waals surface area contributed by atoms with Crippen molar-refractivity contribution in [3.8, 4) is 34.1 Å². The zero-order valence-electron chi connectivity index (χ0n) is 29.6. The van der Waals surface area contributed by atoms with E-state index in [0.717, 1.165) is 65.7 Å². The van der Waals surface area contributed by atoms with Gasteiger partial charge in [0.2, 0.25) is 0 Å². The van der Waals surface area contributed by atoms with E-state index in [1.165, 1.54) is 30.0 Å². The maximum atomic E-state index is 11.5. The number of aryl methyl sites for hydroxylation is 3. The Balaban J connectivity index is 0.000000255. The average Bonchev–Trinajstić information content (AvgIpc) is 2.96. The standard InChI is InChI=1S/C21H26O2.C20H28O4/c1-5-6-7-8-15-12-18(22)20-16-11-14(2)9-10-17(16)21(3,4)23-19(20)13-15;1-5-7-15-12-17(21)16(19(22)18(15)20(23)24)11-10-14(4)9-6-8-13(2)3/h9-13,22H,5-8H2,1-4H3;8,10,12,21-22H,5-7,9,11H2,1-4H3,(H,23,24)/b;14-10+. The second kappa shape index (κ2) is 16.6. The monoisotopic (exact) mass is 642 g/mol. The predicted molar refractivity (Wildman–Crippen MR) is 192 cm³/mol. The summed E-state index contributed by atoms with van der Waals surface area (Å²) < 4.78 is 6.25. The van der Waals surface area contributed by atoms with Gasteiger partial charge in [-0.05, 0) is 115 Å². The molecule has 0 spiro atoms. The Bertz CT molecular complexity index is 1620. The first kappa shape index (κ1) is 37.3. The maximum absolute atomic E-state index is 11.5. The molecule has 3 aromatic rings. The van der Waals surface area contributed by atoms with E-state index in [1.807, 2.05) is 26.0 Å². The molecular formula is C41H54O6. The SMILES string of the molecule is CCCCCc1cc(O)c2c(c1)OC(C)(C)c1ccc(C)cc1-2.CCCc1cc(O)c(C/C=C(\C)CCC=C(C)C)c(O)c1C(=O)O. The van der Waals surface area contributed by atoms with Gasteiger partial charge in [0.25, 0.3) is 0 Å². The molecule has 0 fully saturated rings. The molecule has 0 unspecified atom stereocenters. The van der Waals surface area contributed by atoms with Crippen LogP contribution in [0.5, 0.6) is 23.0 Å². The molecule has 0 saturated carbocycles. The van der Waals surface area contributed by atoms with E-state index in [4.69, 9.17) is 4.74 Å². The van der Waals surface area contributed by atoms with Crippen molar-refractivity contribution in [3.63, 3.8) is 0 Å². The van der Waals surface area contributed by atoms with Crippen molar-refractivity contribution in [3.05, 3.63) is 93.1 Å². The van der Waals surface area contributed by atoms with Crippen LogP contribution >= 0.6 is 0 Å². The molecule has 0 radical (unpaired) electrons. The van der Waals surface area contributed by atoms with Crippen LogP contribution in [0.25, 0.3) is 11.1 Å². The van der Waals surface area contributed by atoms with Gasteiger partial charge in [0.15, 0.2) is 0 Å². The number of aromatic carboxylic acids is 1. The fraction of sp³-hybridized carbons (Fsp3) is 0.439. The Labute approximate surface area is 281 Å². The van der Waals surface area contributed by atoms with E-state index in [1.54, 1.807) is 0 Å². The van der Waals surface area contributed by atoms with Crippen molar-refractivity contribution in [1.82, 2.24) is 0 Å². The van der Waals surface area contributed by atoms with Gasteiger partial charge in [-0.15, -0.1) is 0 Å². The van der Waals surface area contributed by atoms with E-state index in [-0.39, 0.29) is 28.2 Å². The number of carboxylic acids is 1. The minimum absolute atomic E-state index is 0.0469. The summed E-state index contributed by atoms with van der Waals surface area (Å²) in [5, 5.41) is 40.5. The highest BCUT2D eigenvalue weighted by atomic mass is 16.5. The van der Waals surface area contributed by atoms with E-state index < -0.39 is 5.97 Å². The van der Waals surface area contributed by atoms with Crippen molar-refractivity contribution < 1.29 is 30.0 Å². The third-order valence-electron chi connectivity index (χ3n) is 8.61. The van der Waals surface area contributed by atoms with Crippen LogP contribution in [0.15, 0.2) is 59.7 Å². The third-order valence-corrected chi connectivity index (χ3v) is 8.61. The molecule has 1 aliphatic rings. The zero-order valence-corrected chi connectivity index (χ0v) is 29.6. The molecule has 254 valence electrons. The Kier molecular flexibility index (Phi) is 13.1. The van der Waals surface area contributed by atoms with Crippen LogP contribution in [-0.2, 0) is 24.9 Å². The molecule has 0 aromatic heterocycles. The molecule has 6 heteroatoms. The van der Waals surface area contributed by atoms with Gasteiger partial charge < -0.3 is 25.2 Å². The minimum atomic E-state index is -1.17. The van der Waals surface area contributed by atoms with E-state index in [2.05, 4.69) is 71.9 Å². The number of hydrogen-bond acceptors (Lipinski definition) is 5. The highest BCUT2D eigenvalue weighted by molar-refractivity contribution is 5.93. The Morgan fingerprint density at radius 2 is 1.62 bits per heavy atom. The second-order valence-electron chi connectivity index (χ2n) is 13.5. The smallest absolute Gasteiger partial charge is 0.339 e. The van der Waals surface area contributed by atoms with Crippen molar-refractivity contribution in [2.75, 3.05) is 0 Å². The molecule has 0 bridgehead atoms. The van der Waals surface area contributed by atoms with Gasteiger partial charge in [-0.3, -0.25) is 0 Å². The Morgan fingerprint density at radius 3 is 2.26 bits per heavy atom. The summed E-state index contributed by atoms with van der Waals surface area (Å²) in [5.74, 6) is -0.397. The lowest BCUT2D eigenvalue weighted by Gasteiger charge is -2.35. The van der Waals surface area contributed by atoms with Gasteiger partial charge in [0, 0.05) is 11.1 Å². The summed E-state index contributed by atoms with van der Waals surface area (Å²) >= 11 is 0. The molecule has 0 atom stereocenters. The summed E-state index contributed by atoms with van der Waals surface area (Å²) in [4.78, 5) is 11.5. The zero-order chi connectivity index (χ0) is 34.9. The van der Waals surface area contributed by atoms with Crippen molar-refractivity contribution >= 4 is 5.97 Å².